The Morgan fingerprint density at radius 2 is 0.516 bits per heavy atom. The molecule has 0 bridgehead atoms. The fourth-order valence-electron chi connectivity index (χ4n) is 4.36. The number of rotatable bonds is 26. The monoisotopic (exact) mass is 513 g/mol. The largest absolute Gasteiger partial charge is 0.341 e. The topological polar surface area (TPSA) is 26.0 Å². The maximum Gasteiger partial charge on any atom is 0.341 e. The molecule has 5 heteroatoms. The van der Waals surface area contributed by atoms with E-state index in [2.05, 4.69) is 0 Å². The summed E-state index contributed by atoms with van der Waals surface area (Å²) in [6, 6.07) is -1.53. The van der Waals surface area contributed by atoms with Crippen LogP contribution in [-0.2, 0) is 0 Å². The molecule has 0 rings (SSSR count). The van der Waals surface area contributed by atoms with Crippen LogP contribution >= 0.6 is 33.2 Å². The van der Waals surface area contributed by atoms with Crippen LogP contribution in [-0.4, -0.2) is 12.5 Å². The smallest absolute Gasteiger partial charge is 0.330 e. The molecule has 0 saturated heterocycles. The Morgan fingerprint density at radius 1 is 0.323 bits per heavy atom. The molecule has 0 aliphatic rings. The standard InChI is InChI=1S/C26H54Cl3NSi/c27-31(28,29)26-24-22-20-18-16-14-12-10-8-6-4-2-1-3-5-7-9-11-13-15-17-19-21-23-25-30/h1-26,30H2. The van der Waals surface area contributed by atoms with Gasteiger partial charge in [0.15, 0.2) is 0 Å². The van der Waals surface area contributed by atoms with Gasteiger partial charge in [0.2, 0.25) is 0 Å². The second kappa shape index (κ2) is 25.7. The lowest BCUT2D eigenvalue weighted by Gasteiger charge is -2.07. The van der Waals surface area contributed by atoms with Crippen molar-refractivity contribution in [3.63, 3.8) is 0 Å². The van der Waals surface area contributed by atoms with Crippen LogP contribution in [0.25, 0.3) is 0 Å². The van der Waals surface area contributed by atoms with Gasteiger partial charge in [0, 0.05) is 0 Å². The third-order valence-electron chi connectivity index (χ3n) is 6.41. The SMILES string of the molecule is NCCCCCCCCCCCCCCCCCCCCCCCCCC[Si](Cl)(Cl)Cl. The highest BCUT2D eigenvalue weighted by Crippen LogP contribution is 2.27. The minimum atomic E-state index is -2.36. The van der Waals surface area contributed by atoms with Gasteiger partial charge >= 0.3 is 6.00 Å². The van der Waals surface area contributed by atoms with Gasteiger partial charge in [-0.1, -0.05) is 148 Å². The Morgan fingerprint density at radius 3 is 0.710 bits per heavy atom. The Kier molecular flexibility index (Phi) is 26.5. The van der Waals surface area contributed by atoms with E-state index in [1.54, 1.807) is 0 Å². The summed E-state index contributed by atoms with van der Waals surface area (Å²) in [4.78, 5) is 0. The summed E-state index contributed by atoms with van der Waals surface area (Å²) in [5.41, 5.74) is 5.53. The lowest BCUT2D eigenvalue weighted by Crippen LogP contribution is -2.07. The Hall–Kier alpha value is 1.05. The summed E-state index contributed by atoms with van der Waals surface area (Å²) in [6.45, 7) is 0.866. The molecule has 0 heterocycles. The van der Waals surface area contributed by atoms with E-state index in [-0.39, 0.29) is 0 Å². The van der Waals surface area contributed by atoms with Gasteiger partial charge in [0.05, 0.1) is 0 Å². The molecule has 0 aliphatic heterocycles. The number of hydrogen-bond donors (Lipinski definition) is 1. The molecule has 0 spiro atoms. The number of hydrogen-bond acceptors (Lipinski definition) is 1. The van der Waals surface area contributed by atoms with E-state index in [0.717, 1.165) is 19.0 Å². The molecule has 0 fully saturated rings. The predicted molar refractivity (Wildman–Crippen MR) is 148 cm³/mol. The fourth-order valence-corrected chi connectivity index (χ4v) is 6.21. The van der Waals surface area contributed by atoms with Crippen molar-refractivity contribution in [1.29, 1.82) is 0 Å². The zero-order valence-electron chi connectivity index (χ0n) is 20.6. The third-order valence-corrected chi connectivity index (χ3v) is 9.04. The van der Waals surface area contributed by atoms with Crippen LogP contribution in [0.5, 0.6) is 0 Å². The molecule has 0 aromatic rings. The highest BCUT2D eigenvalue weighted by molar-refractivity contribution is 7.64. The fraction of sp³-hybridized carbons (Fsp3) is 1.00. The summed E-state index contributed by atoms with van der Waals surface area (Å²) in [5.74, 6) is 0. The van der Waals surface area contributed by atoms with Crippen molar-refractivity contribution in [2.45, 2.75) is 160 Å². The summed E-state index contributed by atoms with van der Waals surface area (Å²) in [6.07, 6.45) is 33.5. The normalized spacial score (nSPS) is 12.0. The minimum absolute atomic E-state index is 0.828. The average molecular weight is 515 g/mol. The molecule has 2 N–H and O–H groups in total. The highest BCUT2D eigenvalue weighted by atomic mass is 35.8. The van der Waals surface area contributed by atoms with Gasteiger partial charge in [-0.05, 0) is 19.0 Å². The molecule has 0 amide bonds. The maximum atomic E-state index is 5.91. The predicted octanol–water partition coefficient (Wildman–Crippen LogP) is 11.0. The Labute approximate surface area is 211 Å². The van der Waals surface area contributed by atoms with Crippen molar-refractivity contribution in [2.75, 3.05) is 6.54 Å². The van der Waals surface area contributed by atoms with Crippen LogP contribution in [0.1, 0.15) is 154 Å². The van der Waals surface area contributed by atoms with E-state index in [1.165, 1.54) is 148 Å². The van der Waals surface area contributed by atoms with E-state index < -0.39 is 6.00 Å². The second-order valence-corrected chi connectivity index (χ2v) is 18.9. The molecule has 0 radical (unpaired) electrons. The number of halogens is 3. The van der Waals surface area contributed by atoms with Gasteiger partial charge in [-0.3, -0.25) is 0 Å². The molecule has 188 valence electrons. The number of nitrogens with two attached hydrogens (primary N) is 1. The highest BCUT2D eigenvalue weighted by Gasteiger charge is 2.23. The first-order chi connectivity index (χ1) is 15.1. The van der Waals surface area contributed by atoms with Gasteiger partial charge in [-0.25, -0.2) is 0 Å². The minimum Gasteiger partial charge on any atom is -0.330 e. The van der Waals surface area contributed by atoms with E-state index >= 15 is 0 Å². The molecular formula is C26H54Cl3NSi. The van der Waals surface area contributed by atoms with Gasteiger partial charge < -0.3 is 5.73 Å². The van der Waals surface area contributed by atoms with E-state index in [0.29, 0.717) is 0 Å². The van der Waals surface area contributed by atoms with E-state index in [1.807, 2.05) is 0 Å². The van der Waals surface area contributed by atoms with Gasteiger partial charge in [0.1, 0.15) is 0 Å². The number of unbranched alkanes of at least 4 members (excludes halogenated alkanes) is 23. The van der Waals surface area contributed by atoms with E-state index in [4.69, 9.17) is 39.0 Å². The molecule has 0 aliphatic carbocycles. The van der Waals surface area contributed by atoms with Crippen LogP contribution in [0, 0.1) is 0 Å². The zero-order valence-corrected chi connectivity index (χ0v) is 23.9. The van der Waals surface area contributed by atoms with Crippen molar-refractivity contribution in [3.05, 3.63) is 0 Å². The first-order valence-electron chi connectivity index (χ1n) is 13.8. The van der Waals surface area contributed by atoms with Crippen molar-refractivity contribution in [1.82, 2.24) is 0 Å². The van der Waals surface area contributed by atoms with E-state index in [9.17, 15) is 0 Å². The molecule has 0 aromatic heterocycles. The molecule has 0 saturated carbocycles. The summed E-state index contributed by atoms with van der Waals surface area (Å²) in [7, 11) is 0. The third kappa shape index (κ3) is 31.0. The van der Waals surface area contributed by atoms with Crippen LogP contribution < -0.4 is 5.73 Å². The lowest BCUT2D eigenvalue weighted by atomic mass is 10.0. The quantitative estimate of drug-likeness (QED) is 0.0692. The molecule has 31 heavy (non-hydrogen) atoms. The Bertz CT molecular complexity index is 337. The van der Waals surface area contributed by atoms with Crippen molar-refractivity contribution in [3.8, 4) is 0 Å². The van der Waals surface area contributed by atoms with Gasteiger partial charge in [-0.2, -0.15) is 0 Å². The van der Waals surface area contributed by atoms with Gasteiger partial charge in [0.25, 0.3) is 0 Å². The second-order valence-electron chi connectivity index (χ2n) is 9.64. The molecule has 1 nitrogen and oxygen atoms in total. The maximum absolute atomic E-state index is 5.91. The molecule has 0 unspecified atom stereocenters. The average Bonchev–Trinajstić information content (AvgIpc) is 2.73. The van der Waals surface area contributed by atoms with Crippen molar-refractivity contribution < 1.29 is 0 Å². The molecular weight excluding hydrogens is 461 g/mol. The van der Waals surface area contributed by atoms with Crippen molar-refractivity contribution in [2.24, 2.45) is 5.73 Å². The summed E-state index contributed by atoms with van der Waals surface area (Å²) >= 11 is 17.7. The van der Waals surface area contributed by atoms with Crippen molar-refractivity contribution >= 4 is 39.2 Å². The van der Waals surface area contributed by atoms with Crippen LogP contribution in [0.2, 0.25) is 6.04 Å². The van der Waals surface area contributed by atoms with Crippen LogP contribution in [0.3, 0.4) is 0 Å². The molecule has 0 atom stereocenters. The lowest BCUT2D eigenvalue weighted by molar-refractivity contribution is 0.517. The van der Waals surface area contributed by atoms with Crippen LogP contribution in [0.15, 0.2) is 0 Å². The first-order valence-corrected chi connectivity index (χ1v) is 19.1. The first kappa shape index (κ1) is 32.0. The van der Waals surface area contributed by atoms with Gasteiger partial charge in [-0.15, -0.1) is 33.2 Å². The zero-order chi connectivity index (χ0) is 22.9. The Balaban J connectivity index is 3.02. The summed E-state index contributed by atoms with van der Waals surface area (Å²) in [5, 5.41) is 0. The summed E-state index contributed by atoms with van der Waals surface area (Å²) < 4.78 is 0. The van der Waals surface area contributed by atoms with Crippen LogP contribution in [0.4, 0.5) is 0 Å². The molecule has 0 aromatic carbocycles.